The van der Waals surface area contributed by atoms with Crippen molar-refractivity contribution in [3.8, 4) is 5.75 Å². The number of ether oxygens (including phenoxy) is 1. The van der Waals surface area contributed by atoms with Crippen molar-refractivity contribution in [2.24, 2.45) is 0 Å². The summed E-state index contributed by atoms with van der Waals surface area (Å²) < 4.78 is 5.59. The van der Waals surface area contributed by atoms with Crippen molar-refractivity contribution >= 4 is 12.0 Å². The van der Waals surface area contributed by atoms with Crippen LogP contribution in [0.2, 0.25) is 0 Å². The number of amides is 1. The zero-order valence-corrected chi connectivity index (χ0v) is 15.2. The van der Waals surface area contributed by atoms with E-state index >= 15 is 0 Å². The molecular formula is C22H25NO3. The first-order valence-electron chi connectivity index (χ1n) is 8.60. The molecule has 2 rings (SSSR count). The summed E-state index contributed by atoms with van der Waals surface area (Å²) in [4.78, 5) is 11.8. The normalized spacial score (nSPS) is 11.8. The topological polar surface area (TPSA) is 58.6 Å². The number of nitrogens with one attached hydrogen (secondary N) is 1. The number of aliphatic hydroxyl groups is 1. The van der Waals surface area contributed by atoms with Gasteiger partial charge in [0.2, 0.25) is 5.91 Å². The van der Waals surface area contributed by atoms with Crippen LogP contribution in [-0.2, 0) is 4.79 Å². The molecule has 0 saturated carbocycles. The second-order valence-corrected chi connectivity index (χ2v) is 6.17. The second-order valence-electron chi connectivity index (χ2n) is 6.17. The molecule has 136 valence electrons. The highest BCUT2D eigenvalue weighted by molar-refractivity contribution is 5.91. The standard InChI is InChI=1S/C22H25NO3/c1-17(2)14-15-26-20-11-9-19(10-12-20)21(24)16-23-22(25)13-8-18-6-4-3-5-7-18/h3-14,21,24H,15-16H2,1-2H3,(H,23,25). The molecule has 0 aromatic heterocycles. The maximum absolute atomic E-state index is 11.8. The SMILES string of the molecule is CC(C)=CCOc1ccc(C(O)CNC(=O)C=Cc2ccccc2)cc1. The van der Waals surface area contributed by atoms with Gasteiger partial charge in [-0.15, -0.1) is 0 Å². The summed E-state index contributed by atoms with van der Waals surface area (Å²) in [6.07, 6.45) is 4.43. The van der Waals surface area contributed by atoms with Gasteiger partial charge in [0, 0.05) is 12.6 Å². The molecular weight excluding hydrogens is 326 g/mol. The lowest BCUT2D eigenvalue weighted by atomic mass is 10.1. The summed E-state index contributed by atoms with van der Waals surface area (Å²) in [6, 6.07) is 16.8. The lowest BCUT2D eigenvalue weighted by Gasteiger charge is -2.12. The number of rotatable bonds is 8. The van der Waals surface area contributed by atoms with Gasteiger partial charge in [0.05, 0.1) is 6.10 Å². The number of aliphatic hydroxyl groups excluding tert-OH is 1. The predicted molar refractivity (Wildman–Crippen MR) is 105 cm³/mol. The van der Waals surface area contributed by atoms with Gasteiger partial charge in [0.15, 0.2) is 0 Å². The van der Waals surface area contributed by atoms with Crippen molar-refractivity contribution in [1.82, 2.24) is 5.32 Å². The number of hydrogen-bond donors (Lipinski definition) is 2. The summed E-state index contributed by atoms with van der Waals surface area (Å²) >= 11 is 0. The largest absolute Gasteiger partial charge is 0.490 e. The molecule has 26 heavy (non-hydrogen) atoms. The van der Waals surface area contributed by atoms with Gasteiger partial charge in [0.1, 0.15) is 12.4 Å². The summed E-state index contributed by atoms with van der Waals surface area (Å²) in [5, 5.41) is 12.9. The minimum Gasteiger partial charge on any atom is -0.490 e. The maximum atomic E-state index is 11.8. The zero-order valence-electron chi connectivity index (χ0n) is 15.2. The van der Waals surface area contributed by atoms with E-state index in [4.69, 9.17) is 4.74 Å². The number of hydrogen-bond acceptors (Lipinski definition) is 3. The lowest BCUT2D eigenvalue weighted by Crippen LogP contribution is -2.26. The Morgan fingerprint density at radius 3 is 2.46 bits per heavy atom. The van der Waals surface area contributed by atoms with E-state index in [1.807, 2.05) is 62.4 Å². The van der Waals surface area contributed by atoms with Gasteiger partial charge in [-0.2, -0.15) is 0 Å². The van der Waals surface area contributed by atoms with Crippen LogP contribution in [0, 0.1) is 0 Å². The maximum Gasteiger partial charge on any atom is 0.244 e. The molecule has 0 spiro atoms. The number of carbonyl (C=O) groups excluding carboxylic acids is 1. The smallest absolute Gasteiger partial charge is 0.244 e. The van der Waals surface area contributed by atoms with Crippen LogP contribution in [0.4, 0.5) is 0 Å². The molecule has 0 bridgehead atoms. The van der Waals surface area contributed by atoms with Gasteiger partial charge in [0.25, 0.3) is 0 Å². The third kappa shape index (κ3) is 6.95. The molecule has 0 saturated heterocycles. The number of carbonyl (C=O) groups is 1. The molecule has 0 aliphatic rings. The Kier molecular flexibility index (Phi) is 7.65. The minimum atomic E-state index is -0.768. The molecule has 0 aliphatic carbocycles. The average Bonchev–Trinajstić information content (AvgIpc) is 2.65. The molecule has 4 nitrogen and oxygen atoms in total. The van der Waals surface area contributed by atoms with Crippen molar-refractivity contribution in [2.45, 2.75) is 20.0 Å². The van der Waals surface area contributed by atoms with Crippen LogP contribution in [-0.4, -0.2) is 24.2 Å². The van der Waals surface area contributed by atoms with Crippen LogP contribution < -0.4 is 10.1 Å². The molecule has 2 aromatic carbocycles. The molecule has 0 fully saturated rings. The van der Waals surface area contributed by atoms with E-state index in [9.17, 15) is 9.90 Å². The Hall–Kier alpha value is -2.85. The van der Waals surface area contributed by atoms with Crippen molar-refractivity contribution in [1.29, 1.82) is 0 Å². The van der Waals surface area contributed by atoms with Gasteiger partial charge >= 0.3 is 0 Å². The van der Waals surface area contributed by atoms with Crippen molar-refractivity contribution in [3.05, 3.63) is 83.4 Å². The first-order valence-corrected chi connectivity index (χ1v) is 8.60. The monoisotopic (exact) mass is 351 g/mol. The average molecular weight is 351 g/mol. The van der Waals surface area contributed by atoms with E-state index < -0.39 is 6.10 Å². The predicted octanol–water partition coefficient (Wildman–Crippen LogP) is 3.89. The summed E-state index contributed by atoms with van der Waals surface area (Å²) in [5.41, 5.74) is 2.88. The fourth-order valence-electron chi connectivity index (χ4n) is 2.20. The van der Waals surface area contributed by atoms with Crippen molar-refractivity contribution in [2.75, 3.05) is 13.2 Å². The highest BCUT2D eigenvalue weighted by Crippen LogP contribution is 2.17. The van der Waals surface area contributed by atoms with E-state index in [0.29, 0.717) is 6.61 Å². The van der Waals surface area contributed by atoms with Crippen LogP contribution in [0.3, 0.4) is 0 Å². The Labute approximate surface area is 154 Å². The molecule has 2 aromatic rings. The molecule has 4 heteroatoms. The van der Waals surface area contributed by atoms with E-state index in [1.54, 1.807) is 18.2 Å². The zero-order chi connectivity index (χ0) is 18.8. The van der Waals surface area contributed by atoms with E-state index in [0.717, 1.165) is 16.9 Å². The van der Waals surface area contributed by atoms with Gasteiger partial charge in [-0.1, -0.05) is 48.0 Å². The number of benzene rings is 2. The molecule has 1 amide bonds. The van der Waals surface area contributed by atoms with E-state index in [2.05, 4.69) is 5.32 Å². The molecule has 1 atom stereocenters. The van der Waals surface area contributed by atoms with Crippen molar-refractivity contribution in [3.63, 3.8) is 0 Å². The fraction of sp³-hybridized carbons (Fsp3) is 0.227. The highest BCUT2D eigenvalue weighted by Gasteiger charge is 2.08. The van der Waals surface area contributed by atoms with E-state index in [1.165, 1.54) is 11.6 Å². The molecule has 0 aliphatic heterocycles. The van der Waals surface area contributed by atoms with Gasteiger partial charge in [-0.05, 0) is 49.3 Å². The Morgan fingerprint density at radius 2 is 1.81 bits per heavy atom. The van der Waals surface area contributed by atoms with Crippen LogP contribution in [0.1, 0.15) is 31.1 Å². The minimum absolute atomic E-state index is 0.149. The third-order valence-corrected chi connectivity index (χ3v) is 3.70. The first kappa shape index (κ1) is 19.5. The summed E-state index contributed by atoms with van der Waals surface area (Å²) in [5.74, 6) is 0.503. The van der Waals surface area contributed by atoms with E-state index in [-0.39, 0.29) is 12.5 Å². The van der Waals surface area contributed by atoms with Gasteiger partial charge in [-0.3, -0.25) is 4.79 Å². The van der Waals surface area contributed by atoms with Crippen molar-refractivity contribution < 1.29 is 14.6 Å². The van der Waals surface area contributed by atoms with Crippen LogP contribution in [0.25, 0.3) is 6.08 Å². The van der Waals surface area contributed by atoms with Gasteiger partial charge in [-0.25, -0.2) is 0 Å². The van der Waals surface area contributed by atoms with Crippen LogP contribution in [0.15, 0.2) is 72.3 Å². The van der Waals surface area contributed by atoms with Crippen LogP contribution >= 0.6 is 0 Å². The summed E-state index contributed by atoms with van der Waals surface area (Å²) in [6.45, 7) is 4.71. The highest BCUT2D eigenvalue weighted by atomic mass is 16.5. The Bertz CT molecular complexity index is 745. The quantitative estimate of drug-likeness (QED) is 0.560. The number of allylic oxidation sites excluding steroid dienone is 1. The molecule has 0 heterocycles. The van der Waals surface area contributed by atoms with Gasteiger partial charge < -0.3 is 15.2 Å². The molecule has 0 radical (unpaired) electrons. The fourth-order valence-corrected chi connectivity index (χ4v) is 2.20. The molecule has 1 unspecified atom stereocenters. The lowest BCUT2D eigenvalue weighted by molar-refractivity contribution is -0.116. The van der Waals surface area contributed by atoms with Crippen LogP contribution in [0.5, 0.6) is 5.75 Å². The summed E-state index contributed by atoms with van der Waals surface area (Å²) in [7, 11) is 0. The Morgan fingerprint density at radius 1 is 1.12 bits per heavy atom. The molecule has 2 N–H and O–H groups in total. The third-order valence-electron chi connectivity index (χ3n) is 3.70. The Balaban J connectivity index is 1.80. The second kappa shape index (κ2) is 10.2. The first-order chi connectivity index (χ1) is 12.5.